The first-order chi connectivity index (χ1) is 9.11. The van der Waals surface area contributed by atoms with Crippen LogP contribution in [0.1, 0.15) is 39.0 Å². The van der Waals surface area contributed by atoms with Gasteiger partial charge in [0, 0.05) is 6.04 Å². The van der Waals surface area contributed by atoms with E-state index >= 15 is 0 Å². The summed E-state index contributed by atoms with van der Waals surface area (Å²) in [5.41, 5.74) is 0.530. The molecule has 2 rings (SSSR count). The van der Waals surface area contributed by atoms with Crippen molar-refractivity contribution in [1.29, 1.82) is 0 Å². The number of nitrogens with one attached hydrogen (secondary N) is 1. The van der Waals surface area contributed by atoms with E-state index in [-0.39, 0.29) is 10.7 Å². The molecule has 0 bridgehead atoms. The van der Waals surface area contributed by atoms with E-state index in [0.29, 0.717) is 11.7 Å². The van der Waals surface area contributed by atoms with Gasteiger partial charge >= 0.3 is 5.69 Å². The molecule has 1 N–H and O–H groups in total. The van der Waals surface area contributed by atoms with Gasteiger partial charge in [0.15, 0.2) is 0 Å². The summed E-state index contributed by atoms with van der Waals surface area (Å²) in [4.78, 5) is 10.7. The van der Waals surface area contributed by atoms with E-state index in [2.05, 4.69) is 12.2 Å². The normalized spacial score (nSPS) is 23.1. The maximum atomic E-state index is 11.1. The summed E-state index contributed by atoms with van der Waals surface area (Å²) >= 11 is 5.92. The molecule has 19 heavy (non-hydrogen) atoms. The van der Waals surface area contributed by atoms with Gasteiger partial charge in [-0.05, 0) is 30.9 Å². The molecule has 0 amide bonds. The first-order valence-electron chi connectivity index (χ1n) is 6.81. The van der Waals surface area contributed by atoms with Gasteiger partial charge in [0.05, 0.1) is 4.92 Å². The van der Waals surface area contributed by atoms with Crippen LogP contribution in [0, 0.1) is 16.0 Å². The van der Waals surface area contributed by atoms with Crippen LogP contribution >= 0.6 is 11.6 Å². The van der Waals surface area contributed by atoms with Crippen molar-refractivity contribution in [3.8, 4) is 0 Å². The molecule has 1 aromatic carbocycles. The second-order valence-electron chi connectivity index (χ2n) is 5.18. The summed E-state index contributed by atoms with van der Waals surface area (Å²) < 4.78 is 0. The summed E-state index contributed by atoms with van der Waals surface area (Å²) in [7, 11) is 0. The molecule has 2 atom stereocenters. The highest BCUT2D eigenvalue weighted by Gasteiger charge is 2.24. The Kier molecular flexibility index (Phi) is 4.64. The SMILES string of the molecule is CCC1CCCC(Nc2cccc(Cl)c2[N+](=O)[O-])C1. The maximum Gasteiger partial charge on any atom is 0.310 e. The van der Waals surface area contributed by atoms with E-state index in [1.54, 1.807) is 18.2 Å². The second-order valence-corrected chi connectivity index (χ2v) is 5.58. The molecular weight excluding hydrogens is 264 g/mol. The standard InChI is InChI=1S/C14H19ClN2O2/c1-2-10-5-3-6-11(9-10)16-13-8-4-7-12(15)14(13)17(18)19/h4,7-8,10-11,16H,2-3,5-6,9H2,1H3. The van der Waals surface area contributed by atoms with Crippen molar-refractivity contribution in [3.63, 3.8) is 0 Å². The zero-order chi connectivity index (χ0) is 13.8. The minimum absolute atomic E-state index is 0.0113. The Bertz CT molecular complexity index is 465. The molecule has 1 saturated carbocycles. The highest BCUT2D eigenvalue weighted by Crippen LogP contribution is 2.35. The predicted octanol–water partition coefficient (Wildman–Crippen LogP) is 4.63. The van der Waals surface area contributed by atoms with Crippen molar-refractivity contribution in [3.05, 3.63) is 33.3 Å². The number of benzene rings is 1. The zero-order valence-corrected chi connectivity index (χ0v) is 11.8. The van der Waals surface area contributed by atoms with Crippen LogP contribution in [0.4, 0.5) is 11.4 Å². The summed E-state index contributed by atoms with van der Waals surface area (Å²) in [6.45, 7) is 2.20. The van der Waals surface area contributed by atoms with Crippen molar-refractivity contribution >= 4 is 23.0 Å². The van der Waals surface area contributed by atoms with Crippen LogP contribution in [-0.2, 0) is 0 Å². The third-order valence-corrected chi connectivity index (χ3v) is 4.19. The van der Waals surface area contributed by atoms with Gasteiger partial charge in [0.1, 0.15) is 10.7 Å². The summed E-state index contributed by atoms with van der Waals surface area (Å²) in [5, 5.41) is 14.6. The lowest BCUT2D eigenvalue weighted by Gasteiger charge is -2.29. The van der Waals surface area contributed by atoms with E-state index in [0.717, 1.165) is 18.8 Å². The molecule has 2 unspecified atom stereocenters. The average molecular weight is 283 g/mol. The third-order valence-electron chi connectivity index (χ3n) is 3.89. The van der Waals surface area contributed by atoms with Gasteiger partial charge in [0.25, 0.3) is 0 Å². The molecule has 1 fully saturated rings. The minimum Gasteiger partial charge on any atom is -0.377 e. The van der Waals surface area contributed by atoms with Crippen molar-refractivity contribution in [2.75, 3.05) is 5.32 Å². The molecule has 104 valence electrons. The fourth-order valence-corrected chi connectivity index (χ4v) is 3.07. The van der Waals surface area contributed by atoms with Gasteiger partial charge in [-0.25, -0.2) is 0 Å². The van der Waals surface area contributed by atoms with Crippen molar-refractivity contribution < 1.29 is 4.92 Å². The quantitative estimate of drug-likeness (QED) is 0.647. The van der Waals surface area contributed by atoms with Gasteiger partial charge in [-0.15, -0.1) is 0 Å². The Morgan fingerprint density at radius 3 is 2.95 bits per heavy atom. The number of hydrogen-bond acceptors (Lipinski definition) is 3. The lowest BCUT2D eigenvalue weighted by Crippen LogP contribution is -2.27. The Balaban J connectivity index is 2.14. The van der Waals surface area contributed by atoms with Crippen molar-refractivity contribution in [2.45, 2.75) is 45.1 Å². The van der Waals surface area contributed by atoms with Crippen molar-refractivity contribution in [1.82, 2.24) is 0 Å². The molecule has 0 heterocycles. The van der Waals surface area contributed by atoms with E-state index < -0.39 is 4.92 Å². The van der Waals surface area contributed by atoms with E-state index in [1.165, 1.54) is 19.3 Å². The van der Waals surface area contributed by atoms with E-state index in [1.807, 2.05) is 0 Å². The molecule has 1 aliphatic rings. The van der Waals surface area contributed by atoms with E-state index in [9.17, 15) is 10.1 Å². The molecular formula is C14H19ClN2O2. The van der Waals surface area contributed by atoms with Gasteiger partial charge in [-0.3, -0.25) is 10.1 Å². The first kappa shape index (κ1) is 14.1. The minimum atomic E-state index is -0.412. The monoisotopic (exact) mass is 282 g/mol. The highest BCUT2D eigenvalue weighted by molar-refractivity contribution is 6.33. The third kappa shape index (κ3) is 3.38. The zero-order valence-electron chi connectivity index (χ0n) is 11.1. The van der Waals surface area contributed by atoms with Gasteiger partial charge < -0.3 is 5.32 Å². The summed E-state index contributed by atoms with van der Waals surface area (Å²) in [5.74, 6) is 0.726. The number of hydrogen-bond donors (Lipinski definition) is 1. The number of para-hydroxylation sites is 1. The Morgan fingerprint density at radius 1 is 1.47 bits per heavy atom. The Morgan fingerprint density at radius 2 is 2.26 bits per heavy atom. The maximum absolute atomic E-state index is 11.1. The van der Waals surface area contributed by atoms with Crippen LogP contribution in [0.2, 0.25) is 5.02 Å². The number of rotatable bonds is 4. The predicted molar refractivity (Wildman–Crippen MR) is 77.8 cm³/mol. The fraction of sp³-hybridized carbons (Fsp3) is 0.571. The Hall–Kier alpha value is -1.29. The van der Waals surface area contributed by atoms with E-state index in [4.69, 9.17) is 11.6 Å². The van der Waals surface area contributed by atoms with Gasteiger partial charge in [-0.2, -0.15) is 0 Å². The largest absolute Gasteiger partial charge is 0.377 e. The van der Waals surface area contributed by atoms with Gasteiger partial charge in [-0.1, -0.05) is 43.9 Å². The van der Waals surface area contributed by atoms with Crippen LogP contribution in [0.5, 0.6) is 0 Å². The molecule has 1 aromatic rings. The molecule has 0 aromatic heterocycles. The number of nitro groups is 1. The molecule has 0 radical (unpaired) electrons. The van der Waals surface area contributed by atoms with Crippen LogP contribution < -0.4 is 5.32 Å². The van der Waals surface area contributed by atoms with Crippen LogP contribution in [0.25, 0.3) is 0 Å². The molecule has 1 aliphatic carbocycles. The Labute approximate surface area is 118 Å². The smallest absolute Gasteiger partial charge is 0.310 e. The van der Waals surface area contributed by atoms with Crippen molar-refractivity contribution in [2.24, 2.45) is 5.92 Å². The van der Waals surface area contributed by atoms with Crippen LogP contribution in [-0.4, -0.2) is 11.0 Å². The highest BCUT2D eigenvalue weighted by atomic mass is 35.5. The first-order valence-corrected chi connectivity index (χ1v) is 7.19. The molecule has 0 aliphatic heterocycles. The molecule has 0 spiro atoms. The summed E-state index contributed by atoms with van der Waals surface area (Å²) in [6, 6.07) is 5.36. The molecule has 4 nitrogen and oxygen atoms in total. The molecule has 5 heteroatoms. The van der Waals surface area contributed by atoms with Gasteiger partial charge in [0.2, 0.25) is 0 Å². The topological polar surface area (TPSA) is 55.2 Å². The lowest BCUT2D eigenvalue weighted by molar-refractivity contribution is -0.383. The lowest BCUT2D eigenvalue weighted by atomic mass is 9.84. The summed E-state index contributed by atoms with van der Waals surface area (Å²) in [6.07, 6.45) is 5.78. The van der Waals surface area contributed by atoms with Crippen LogP contribution in [0.15, 0.2) is 18.2 Å². The van der Waals surface area contributed by atoms with Crippen LogP contribution in [0.3, 0.4) is 0 Å². The number of halogens is 1. The number of nitro benzene ring substituents is 1. The fourth-order valence-electron chi connectivity index (χ4n) is 2.83. The number of nitrogens with zero attached hydrogens (tertiary/aromatic N) is 1. The second kappa shape index (κ2) is 6.24. The average Bonchev–Trinajstić information content (AvgIpc) is 2.38. The number of anilines is 1. The molecule has 0 saturated heterocycles.